The molecule has 1 aliphatic rings. The van der Waals surface area contributed by atoms with Crippen LogP contribution in [0.4, 0.5) is 11.4 Å². The van der Waals surface area contributed by atoms with E-state index >= 15 is 0 Å². The minimum Gasteiger partial charge on any atom is -0.477 e. The van der Waals surface area contributed by atoms with Crippen molar-refractivity contribution in [2.45, 2.75) is 45.1 Å². The minimum atomic E-state index is -1.08. The number of carbonyl (C=O) groups excluding carboxylic acids is 3. The fourth-order valence-electron chi connectivity index (χ4n) is 4.85. The van der Waals surface area contributed by atoms with Crippen molar-refractivity contribution in [3.8, 4) is 6.07 Å². The molecule has 0 radical (unpaired) electrons. The van der Waals surface area contributed by atoms with Crippen LogP contribution in [-0.2, 0) is 20.8 Å². The number of aromatic amines is 1. The number of carboxylic acids is 1. The minimum absolute atomic E-state index is 0.0418. The second-order valence-electron chi connectivity index (χ2n) is 9.97. The highest BCUT2D eigenvalue weighted by Gasteiger charge is 2.30. The van der Waals surface area contributed by atoms with Crippen molar-refractivity contribution in [2.75, 3.05) is 17.3 Å². The largest absolute Gasteiger partial charge is 0.477 e. The van der Waals surface area contributed by atoms with Gasteiger partial charge in [0.05, 0.1) is 6.07 Å². The molecule has 1 fully saturated rings. The molecule has 4 N–H and O–H groups in total. The van der Waals surface area contributed by atoms with Crippen LogP contribution in [0.25, 0.3) is 10.9 Å². The number of nitrogens with one attached hydrogen (secondary N) is 3. The molecule has 10 nitrogen and oxygen atoms in total. The van der Waals surface area contributed by atoms with Crippen molar-refractivity contribution in [1.82, 2.24) is 10.3 Å². The summed E-state index contributed by atoms with van der Waals surface area (Å²) in [5, 5.41) is 24.8. The third-order valence-electron chi connectivity index (χ3n) is 7.24. The topological polar surface area (TPSA) is 155 Å². The van der Waals surface area contributed by atoms with E-state index < -0.39 is 17.9 Å². The monoisotopic (exact) mass is 529 g/mol. The summed E-state index contributed by atoms with van der Waals surface area (Å²) in [5.41, 5.74) is 2.56. The van der Waals surface area contributed by atoms with Crippen LogP contribution in [-0.4, -0.2) is 46.9 Å². The Balaban J connectivity index is 1.55. The van der Waals surface area contributed by atoms with Gasteiger partial charge < -0.3 is 25.6 Å². The molecule has 202 valence electrons. The summed E-state index contributed by atoms with van der Waals surface area (Å²) in [6.07, 6.45) is 2.68. The maximum atomic E-state index is 13.5. The smallest absolute Gasteiger partial charge is 0.352 e. The summed E-state index contributed by atoms with van der Waals surface area (Å²) >= 11 is 0. The van der Waals surface area contributed by atoms with Gasteiger partial charge in [-0.15, -0.1) is 0 Å². The van der Waals surface area contributed by atoms with Crippen molar-refractivity contribution in [2.24, 2.45) is 11.8 Å². The molecule has 0 saturated heterocycles. The van der Waals surface area contributed by atoms with Crippen LogP contribution in [0, 0.1) is 23.2 Å². The van der Waals surface area contributed by atoms with E-state index in [0.29, 0.717) is 48.0 Å². The predicted molar refractivity (Wildman–Crippen MR) is 146 cm³/mol. The third kappa shape index (κ3) is 6.62. The lowest BCUT2D eigenvalue weighted by Crippen LogP contribution is -2.47. The summed E-state index contributed by atoms with van der Waals surface area (Å²) in [5.74, 6) is -2.18. The number of aromatic nitrogens is 1. The number of carbonyl (C=O) groups is 4. The first-order chi connectivity index (χ1) is 18.6. The van der Waals surface area contributed by atoms with E-state index in [-0.39, 0.29) is 35.8 Å². The van der Waals surface area contributed by atoms with Gasteiger partial charge in [-0.25, -0.2) is 4.79 Å². The number of hydrogen-bond donors (Lipinski definition) is 4. The molecule has 1 aromatic heterocycles. The number of rotatable bonds is 8. The van der Waals surface area contributed by atoms with Gasteiger partial charge >= 0.3 is 5.97 Å². The maximum Gasteiger partial charge on any atom is 0.352 e. The highest BCUT2D eigenvalue weighted by molar-refractivity contribution is 6.00. The molecule has 0 aliphatic heterocycles. The number of hydrogen-bond acceptors (Lipinski definition) is 5. The van der Waals surface area contributed by atoms with Gasteiger partial charge in [0.25, 0.3) is 0 Å². The van der Waals surface area contributed by atoms with Gasteiger partial charge in [-0.3, -0.25) is 14.4 Å². The number of H-pyrrole nitrogens is 1. The van der Waals surface area contributed by atoms with E-state index in [1.807, 2.05) is 12.1 Å². The zero-order valence-electron chi connectivity index (χ0n) is 21.9. The number of aromatic carboxylic acids is 1. The summed E-state index contributed by atoms with van der Waals surface area (Å²) in [6.45, 7) is 1.46. The number of amides is 3. The van der Waals surface area contributed by atoms with Crippen molar-refractivity contribution >= 4 is 46.0 Å². The molecule has 0 bridgehead atoms. The summed E-state index contributed by atoms with van der Waals surface area (Å²) in [4.78, 5) is 54.1. The number of benzene rings is 2. The van der Waals surface area contributed by atoms with Crippen molar-refractivity contribution in [3.63, 3.8) is 0 Å². The molecule has 3 amide bonds. The van der Waals surface area contributed by atoms with Crippen LogP contribution in [0.15, 0.2) is 48.5 Å². The van der Waals surface area contributed by atoms with Crippen molar-refractivity contribution < 1.29 is 24.3 Å². The van der Waals surface area contributed by atoms with Gasteiger partial charge in [0, 0.05) is 54.5 Å². The Bertz CT molecular complexity index is 1450. The Morgan fingerprint density at radius 1 is 1.10 bits per heavy atom. The Hall–Kier alpha value is -4.65. The van der Waals surface area contributed by atoms with E-state index in [4.69, 9.17) is 5.26 Å². The Labute approximate surface area is 226 Å². The fourth-order valence-corrected chi connectivity index (χ4v) is 4.85. The molecule has 1 heterocycles. The van der Waals surface area contributed by atoms with Gasteiger partial charge in [0.15, 0.2) is 0 Å². The number of nitrogens with zero attached hydrogens (tertiary/aromatic N) is 2. The van der Waals surface area contributed by atoms with Gasteiger partial charge in [-0.1, -0.05) is 12.1 Å². The molecule has 10 heteroatoms. The standard InChI is InChI=1S/C29H31N5O5/c1-17(35)34(2)23-5-3-4-19(12-23)13-25(33-27(36)20-8-6-18(16-30)7-9-20)28(37)31-22-10-11-24-21(14-22)15-26(32-24)29(38)39/h3-5,10-12,14-15,18,20,25,32H,6-9,13H2,1-2H3,(H,31,37)(H,33,36)(H,38,39)/t18?,20?,25-/m0/s1. The molecule has 1 saturated carbocycles. The number of fused-ring (bicyclic) bond motifs is 1. The Kier molecular flexibility index (Phi) is 8.30. The van der Waals surface area contributed by atoms with Gasteiger partial charge in [0.1, 0.15) is 11.7 Å². The van der Waals surface area contributed by atoms with E-state index in [9.17, 15) is 24.3 Å². The quantitative estimate of drug-likeness (QED) is 0.347. The zero-order chi connectivity index (χ0) is 28.1. The van der Waals surface area contributed by atoms with E-state index in [2.05, 4.69) is 21.7 Å². The lowest BCUT2D eigenvalue weighted by atomic mass is 9.82. The number of nitriles is 1. The predicted octanol–water partition coefficient (Wildman–Crippen LogP) is 3.84. The van der Waals surface area contributed by atoms with E-state index in [0.717, 1.165) is 5.56 Å². The van der Waals surface area contributed by atoms with E-state index in [1.54, 1.807) is 37.4 Å². The second kappa shape index (κ2) is 11.8. The van der Waals surface area contributed by atoms with Crippen LogP contribution in [0.1, 0.15) is 48.7 Å². The summed E-state index contributed by atoms with van der Waals surface area (Å²) < 4.78 is 0. The third-order valence-corrected chi connectivity index (χ3v) is 7.24. The second-order valence-corrected chi connectivity index (χ2v) is 9.97. The van der Waals surface area contributed by atoms with Gasteiger partial charge in [-0.2, -0.15) is 5.26 Å². The number of anilines is 2. The first kappa shape index (κ1) is 27.4. The summed E-state index contributed by atoms with van der Waals surface area (Å²) in [7, 11) is 1.66. The highest BCUT2D eigenvalue weighted by Crippen LogP contribution is 2.29. The zero-order valence-corrected chi connectivity index (χ0v) is 21.9. The van der Waals surface area contributed by atoms with Crippen molar-refractivity contribution in [3.05, 3.63) is 59.8 Å². The normalized spacial score (nSPS) is 17.6. The van der Waals surface area contributed by atoms with E-state index in [1.165, 1.54) is 17.9 Å². The van der Waals surface area contributed by atoms with Gasteiger partial charge in [0.2, 0.25) is 17.7 Å². The number of carboxylic acid groups (broad SMARTS) is 1. The lowest BCUT2D eigenvalue weighted by molar-refractivity contribution is -0.130. The Morgan fingerprint density at radius 2 is 1.85 bits per heavy atom. The van der Waals surface area contributed by atoms with Crippen LogP contribution >= 0.6 is 0 Å². The molecule has 0 spiro atoms. The molecule has 4 rings (SSSR count). The molecule has 1 atom stereocenters. The van der Waals surface area contributed by atoms with Crippen LogP contribution in [0.3, 0.4) is 0 Å². The first-order valence-electron chi connectivity index (χ1n) is 12.8. The summed E-state index contributed by atoms with van der Waals surface area (Å²) in [6, 6.07) is 15.1. The molecule has 1 aliphatic carbocycles. The van der Waals surface area contributed by atoms with Crippen LogP contribution in [0.2, 0.25) is 0 Å². The molecular formula is C29H31N5O5. The van der Waals surface area contributed by atoms with Crippen LogP contribution in [0.5, 0.6) is 0 Å². The fraction of sp³-hybridized carbons (Fsp3) is 0.345. The molecule has 3 aromatic rings. The highest BCUT2D eigenvalue weighted by atomic mass is 16.4. The molecule has 39 heavy (non-hydrogen) atoms. The molecular weight excluding hydrogens is 498 g/mol. The van der Waals surface area contributed by atoms with Gasteiger partial charge in [-0.05, 0) is 67.6 Å². The average molecular weight is 530 g/mol. The van der Waals surface area contributed by atoms with Crippen LogP contribution < -0.4 is 15.5 Å². The van der Waals surface area contributed by atoms with Crippen molar-refractivity contribution in [1.29, 1.82) is 5.26 Å². The Morgan fingerprint density at radius 3 is 2.51 bits per heavy atom. The molecule has 2 aromatic carbocycles. The first-order valence-corrected chi connectivity index (χ1v) is 12.8. The average Bonchev–Trinajstić information content (AvgIpc) is 3.36. The lowest BCUT2D eigenvalue weighted by Gasteiger charge is -2.26. The maximum absolute atomic E-state index is 13.5. The SMILES string of the molecule is CC(=O)N(C)c1cccc(C[C@H](NC(=O)C2CCC(C#N)CC2)C(=O)Nc2ccc3[nH]c(C(=O)O)cc3c2)c1. The molecule has 0 unspecified atom stereocenters.